The number of rotatable bonds is 22. The number of aliphatic hydroxyl groups is 1. The summed E-state index contributed by atoms with van der Waals surface area (Å²) in [7, 11) is 3.11. The number of Topliss-reactive ketones (excluding diaryl/α,β-unsaturated/α-hetero) is 2. The van der Waals surface area contributed by atoms with Crippen LogP contribution in [0.3, 0.4) is 0 Å². The molecule has 85 heavy (non-hydrogen) atoms. The van der Waals surface area contributed by atoms with E-state index in [0.717, 1.165) is 39.8 Å². The smallest absolute Gasteiger partial charge is 0.410 e. The lowest BCUT2D eigenvalue weighted by Crippen LogP contribution is -2.44. The molecule has 4 atom stereocenters. The van der Waals surface area contributed by atoms with Crippen LogP contribution in [-0.4, -0.2) is 166 Å². The summed E-state index contributed by atoms with van der Waals surface area (Å²) in [5, 5.41) is 11.3. The number of amides is 4. The molecule has 0 aliphatic carbocycles. The number of alkyl carbamates (subject to hydrolysis) is 1. The van der Waals surface area contributed by atoms with E-state index < -0.39 is 47.5 Å². The molecule has 2 N–H and O–H groups in total. The number of carbonyl (C=O) groups excluding carboxylic acids is 6. The topological polar surface area (TPSA) is 218 Å². The number of aliphatic hydroxyl groups excluding tert-OH is 1. The molecule has 4 aliphatic heterocycles. The lowest BCUT2D eigenvalue weighted by molar-refractivity contribution is -0.198. The number of carbonyl (C=O) groups is 6. The third kappa shape index (κ3) is 16.9. The van der Waals surface area contributed by atoms with Crippen molar-refractivity contribution in [3.8, 4) is 0 Å². The van der Waals surface area contributed by atoms with Crippen LogP contribution in [0.2, 0.25) is 0 Å². The van der Waals surface area contributed by atoms with E-state index in [1.54, 1.807) is 26.0 Å². The number of benzene rings is 6. The summed E-state index contributed by atoms with van der Waals surface area (Å²) in [5.74, 6) is -1.01. The van der Waals surface area contributed by atoms with Gasteiger partial charge in [0.05, 0.1) is 65.6 Å². The largest absolute Gasteiger partial charge is 0.444 e. The first kappa shape index (κ1) is 64.1. The molecule has 0 saturated carbocycles. The second kappa shape index (κ2) is 30.9. The Hall–Kier alpha value is -8.46. The van der Waals surface area contributed by atoms with Gasteiger partial charge in [-0.1, -0.05) is 189 Å². The van der Waals surface area contributed by atoms with Crippen LogP contribution in [-0.2, 0) is 58.7 Å². The van der Waals surface area contributed by atoms with Crippen molar-refractivity contribution in [2.45, 2.75) is 75.5 Å². The highest BCUT2D eigenvalue weighted by atomic mass is 16.7. The molecule has 10 rings (SSSR count). The summed E-state index contributed by atoms with van der Waals surface area (Å²) in [6.45, 7) is 9.11. The van der Waals surface area contributed by atoms with E-state index >= 15 is 0 Å². The first-order valence-electron chi connectivity index (χ1n) is 28.2. The maximum atomic E-state index is 12.6. The van der Waals surface area contributed by atoms with Crippen LogP contribution in [0.1, 0.15) is 67.5 Å². The van der Waals surface area contributed by atoms with Crippen molar-refractivity contribution in [1.29, 1.82) is 0 Å². The van der Waals surface area contributed by atoms with Gasteiger partial charge in [0.15, 0.2) is 5.79 Å². The second-order valence-corrected chi connectivity index (χ2v) is 20.8. The highest BCUT2D eigenvalue weighted by molar-refractivity contribution is 5.83. The molecule has 0 unspecified atom stereocenters. The molecule has 0 spiro atoms. The van der Waals surface area contributed by atoms with E-state index in [1.165, 1.54) is 23.6 Å². The van der Waals surface area contributed by atoms with E-state index in [0.29, 0.717) is 26.2 Å². The minimum Gasteiger partial charge on any atom is -0.444 e. The minimum absolute atomic E-state index is 0.0105. The Bertz CT molecular complexity index is 2830. The van der Waals surface area contributed by atoms with Gasteiger partial charge in [-0.15, -0.1) is 0 Å². The number of cyclic esters (lactones) is 4. The van der Waals surface area contributed by atoms with Crippen LogP contribution in [0.5, 0.6) is 0 Å². The van der Waals surface area contributed by atoms with E-state index in [9.17, 15) is 28.8 Å². The van der Waals surface area contributed by atoms with Crippen molar-refractivity contribution in [3.63, 3.8) is 0 Å². The molecule has 0 aromatic heterocycles. The highest BCUT2D eigenvalue weighted by Gasteiger charge is 2.43. The van der Waals surface area contributed by atoms with Crippen molar-refractivity contribution in [3.05, 3.63) is 215 Å². The summed E-state index contributed by atoms with van der Waals surface area (Å²) in [6.07, 6.45) is -2.13. The lowest BCUT2D eigenvalue weighted by atomic mass is 9.80. The van der Waals surface area contributed by atoms with Gasteiger partial charge in [-0.2, -0.15) is 0 Å². The number of ketones is 2. The Kier molecular flexibility index (Phi) is 23.3. The van der Waals surface area contributed by atoms with Gasteiger partial charge in [0.1, 0.15) is 47.2 Å². The quantitative estimate of drug-likeness (QED) is 0.0368. The van der Waals surface area contributed by atoms with Crippen molar-refractivity contribution in [2.24, 2.45) is 0 Å². The fourth-order valence-electron chi connectivity index (χ4n) is 10.1. The summed E-state index contributed by atoms with van der Waals surface area (Å²) in [4.78, 5) is 71.5. The van der Waals surface area contributed by atoms with Gasteiger partial charge in [0.2, 0.25) is 0 Å². The molecule has 19 nitrogen and oxygen atoms in total. The SMILES string of the molecule is CC(=O)CN1C[C@@H](CO)OC1=O.CC[C@@H]1CN(CC(C)=O)C(=O)O1.COC(C)(CN1C[C@@H](COC(c2ccccc2)(c2ccccc2)c2ccccc2)OC1=O)OC.O=C1NC[C@@H](COC(c2ccccc2)(c2ccccc2)c2ccccc2)O1. The zero-order valence-electron chi connectivity index (χ0n) is 48.9. The molecule has 4 heterocycles. The van der Waals surface area contributed by atoms with E-state index in [-0.39, 0.29) is 69.3 Å². The van der Waals surface area contributed by atoms with Crippen LogP contribution in [0.25, 0.3) is 0 Å². The van der Waals surface area contributed by atoms with E-state index in [1.807, 2.05) is 116 Å². The summed E-state index contributed by atoms with van der Waals surface area (Å²) < 4.78 is 44.8. The first-order valence-corrected chi connectivity index (χ1v) is 28.2. The Morgan fingerprint density at radius 3 is 1.11 bits per heavy atom. The summed E-state index contributed by atoms with van der Waals surface area (Å²) >= 11 is 0. The Morgan fingerprint density at radius 2 is 0.812 bits per heavy atom. The third-order valence-corrected chi connectivity index (χ3v) is 14.5. The summed E-state index contributed by atoms with van der Waals surface area (Å²) in [6, 6.07) is 60.9. The number of methoxy groups -OCH3 is 2. The standard InChI is InChI=1S/C28H31NO5.C23H21NO3.C8H13NO3.C7H11NO4/c1-27(31-2,32-3)21-29-19-25(34-26(29)30)20-33-28(22-13-7-4-8-14-22,23-15-9-5-10-16-23)24-17-11-6-12-18-24;25-22-24-16-21(27-22)17-26-23(18-10-4-1-5-11-18,19-12-6-2-7-13-19)20-14-8-3-9-15-20;1-3-7-5-9(4-6(2)10)8(11)12-7;1-5(10)2-8-3-6(4-9)12-7(8)11/h4-18,25H,19-21H2,1-3H3;1-15,21H,16-17H2,(H,24,25);7H,3-5H2,1-2H3;6,9H,2-4H2,1H3/t25-;21-;7-;6-/m0010/s1. The molecular weight excluding hydrogens is 1090 g/mol. The normalized spacial score (nSPS) is 18.3. The average Bonchev–Trinajstić information content (AvgIpc) is 1.83. The zero-order valence-corrected chi connectivity index (χ0v) is 48.9. The monoisotopic (exact) mass is 1160 g/mol. The number of nitrogens with one attached hydrogen (secondary N) is 1. The van der Waals surface area contributed by atoms with Gasteiger partial charge in [0, 0.05) is 14.2 Å². The molecule has 4 aliphatic rings. The van der Waals surface area contributed by atoms with Crippen molar-refractivity contribution in [2.75, 3.05) is 79.9 Å². The van der Waals surface area contributed by atoms with E-state index in [2.05, 4.69) is 78.1 Å². The Morgan fingerprint density at radius 1 is 0.494 bits per heavy atom. The number of ether oxygens (including phenoxy) is 8. The van der Waals surface area contributed by atoms with Gasteiger partial charge < -0.3 is 48.3 Å². The predicted octanol–water partition coefficient (Wildman–Crippen LogP) is 9.12. The first-order chi connectivity index (χ1) is 41.1. The Labute approximate surface area is 496 Å². The predicted molar refractivity (Wildman–Crippen MR) is 315 cm³/mol. The molecule has 4 fully saturated rings. The van der Waals surface area contributed by atoms with Gasteiger partial charge in [-0.05, 0) is 60.6 Å². The minimum atomic E-state index is -0.906. The lowest BCUT2D eigenvalue weighted by Gasteiger charge is -2.36. The molecule has 4 saturated heterocycles. The van der Waals surface area contributed by atoms with Gasteiger partial charge in [-0.3, -0.25) is 24.3 Å². The fraction of sp³-hybridized carbons (Fsp3) is 0.364. The van der Waals surface area contributed by atoms with Crippen molar-refractivity contribution < 1.29 is 71.8 Å². The fourth-order valence-corrected chi connectivity index (χ4v) is 10.1. The third-order valence-electron chi connectivity index (χ3n) is 14.5. The van der Waals surface area contributed by atoms with Crippen molar-refractivity contribution in [1.82, 2.24) is 20.0 Å². The van der Waals surface area contributed by atoms with Crippen molar-refractivity contribution >= 4 is 35.9 Å². The summed E-state index contributed by atoms with van der Waals surface area (Å²) in [5.41, 5.74) is 4.43. The maximum Gasteiger partial charge on any atom is 0.410 e. The highest BCUT2D eigenvalue weighted by Crippen LogP contribution is 2.42. The van der Waals surface area contributed by atoms with Crippen LogP contribution in [0.4, 0.5) is 19.2 Å². The molecule has 0 bridgehead atoms. The van der Waals surface area contributed by atoms with Crippen LogP contribution in [0.15, 0.2) is 182 Å². The van der Waals surface area contributed by atoms with Gasteiger partial charge in [-0.25, -0.2) is 19.2 Å². The van der Waals surface area contributed by atoms with Gasteiger partial charge in [0.25, 0.3) is 0 Å². The van der Waals surface area contributed by atoms with Gasteiger partial charge >= 0.3 is 24.4 Å². The molecule has 0 radical (unpaired) electrons. The zero-order chi connectivity index (χ0) is 60.8. The number of hydrogen-bond acceptors (Lipinski definition) is 15. The van der Waals surface area contributed by atoms with E-state index in [4.69, 9.17) is 43.0 Å². The molecular formula is C66H76N4O15. The molecule has 6 aromatic rings. The number of hydrogen-bond donors (Lipinski definition) is 2. The van der Waals surface area contributed by atoms with Crippen LogP contribution in [0, 0.1) is 0 Å². The van der Waals surface area contributed by atoms with Crippen LogP contribution >= 0.6 is 0 Å². The molecule has 4 amide bonds. The molecule has 6 aromatic carbocycles. The Balaban J connectivity index is 0.000000179. The average molecular weight is 1170 g/mol. The molecule has 19 heteroatoms. The molecule has 450 valence electrons. The van der Waals surface area contributed by atoms with Crippen LogP contribution < -0.4 is 5.32 Å². The second-order valence-electron chi connectivity index (χ2n) is 20.8. The maximum absolute atomic E-state index is 12.6. The number of nitrogens with zero attached hydrogens (tertiary/aromatic N) is 3.